The van der Waals surface area contributed by atoms with E-state index in [-0.39, 0.29) is 0 Å². The summed E-state index contributed by atoms with van der Waals surface area (Å²) in [5.41, 5.74) is 9.08. The van der Waals surface area contributed by atoms with E-state index in [4.69, 9.17) is 5.73 Å². The van der Waals surface area contributed by atoms with Crippen molar-refractivity contribution in [2.24, 2.45) is 5.73 Å². The summed E-state index contributed by atoms with van der Waals surface area (Å²) in [6.45, 7) is 6.26. The summed E-state index contributed by atoms with van der Waals surface area (Å²) in [6, 6.07) is 7.66. The molecule has 2 N–H and O–H groups in total. The van der Waals surface area contributed by atoms with Crippen molar-refractivity contribution in [3.05, 3.63) is 47.3 Å². The predicted octanol–water partition coefficient (Wildman–Crippen LogP) is 3.89. The van der Waals surface area contributed by atoms with Gasteiger partial charge in [0, 0.05) is 15.8 Å². The molecule has 0 saturated heterocycles. The highest BCUT2D eigenvalue weighted by molar-refractivity contribution is 7.22. The third kappa shape index (κ3) is 2.48. The van der Waals surface area contributed by atoms with Crippen molar-refractivity contribution < 1.29 is 4.79 Å². The Bertz CT molecular complexity index is 867. The molecule has 2 heterocycles. The van der Waals surface area contributed by atoms with Crippen molar-refractivity contribution in [2.75, 3.05) is 0 Å². The molecule has 0 bridgehead atoms. The largest absolute Gasteiger partial charge is 0.366 e. The van der Waals surface area contributed by atoms with Gasteiger partial charge in [-0.05, 0) is 42.2 Å². The van der Waals surface area contributed by atoms with Crippen molar-refractivity contribution >= 4 is 27.3 Å². The Morgan fingerprint density at radius 1 is 1.27 bits per heavy atom. The smallest absolute Gasteiger partial charge is 0.248 e. The third-order valence-corrected chi connectivity index (χ3v) is 4.90. The predicted molar refractivity (Wildman–Crippen MR) is 90.2 cm³/mol. The van der Waals surface area contributed by atoms with Gasteiger partial charge in [0.25, 0.3) is 0 Å². The molecule has 0 aliphatic heterocycles. The number of aromatic nitrogens is 2. The molecule has 5 heteroatoms. The first-order chi connectivity index (χ1) is 10.5. The van der Waals surface area contributed by atoms with Gasteiger partial charge in [0.15, 0.2) is 0 Å². The van der Waals surface area contributed by atoms with Gasteiger partial charge in [-0.25, -0.2) is 0 Å². The Morgan fingerprint density at radius 3 is 2.73 bits per heavy atom. The van der Waals surface area contributed by atoms with Gasteiger partial charge in [-0.3, -0.25) is 4.79 Å². The Balaban J connectivity index is 2.21. The van der Waals surface area contributed by atoms with E-state index in [0.717, 1.165) is 31.8 Å². The Kier molecular flexibility index (Phi) is 3.66. The maximum Gasteiger partial charge on any atom is 0.248 e. The van der Waals surface area contributed by atoms with Crippen molar-refractivity contribution in [1.29, 1.82) is 0 Å². The molecule has 3 aromatic rings. The zero-order valence-corrected chi connectivity index (χ0v) is 13.6. The van der Waals surface area contributed by atoms with E-state index in [1.807, 2.05) is 19.1 Å². The molecule has 1 amide bonds. The molecular formula is C17H17N3OS. The molecule has 0 saturated carbocycles. The number of aryl methyl sites for hydroxylation is 1. The summed E-state index contributed by atoms with van der Waals surface area (Å²) >= 11 is 1.69. The second kappa shape index (κ2) is 5.50. The van der Waals surface area contributed by atoms with Crippen LogP contribution in [-0.4, -0.2) is 16.1 Å². The average molecular weight is 311 g/mol. The molecule has 0 radical (unpaired) electrons. The number of carbonyl (C=O) groups is 1. The molecule has 0 spiro atoms. The Labute approximate surface area is 133 Å². The highest BCUT2D eigenvalue weighted by Crippen LogP contribution is 2.37. The van der Waals surface area contributed by atoms with E-state index < -0.39 is 5.91 Å². The number of nitrogens with zero attached hydrogens (tertiary/aromatic N) is 2. The second-order valence-corrected chi connectivity index (χ2v) is 6.73. The molecule has 0 atom stereocenters. The lowest BCUT2D eigenvalue weighted by Gasteiger charge is -2.05. The van der Waals surface area contributed by atoms with E-state index in [1.165, 1.54) is 0 Å². The molecule has 112 valence electrons. The van der Waals surface area contributed by atoms with Crippen molar-refractivity contribution in [3.8, 4) is 10.4 Å². The van der Waals surface area contributed by atoms with Gasteiger partial charge in [-0.2, -0.15) is 10.2 Å². The van der Waals surface area contributed by atoms with Gasteiger partial charge < -0.3 is 5.73 Å². The van der Waals surface area contributed by atoms with Crippen molar-refractivity contribution in [3.63, 3.8) is 0 Å². The fourth-order valence-corrected chi connectivity index (χ4v) is 3.80. The number of fused-ring (bicyclic) bond motifs is 1. The number of hydrogen-bond donors (Lipinski definition) is 1. The van der Waals surface area contributed by atoms with Gasteiger partial charge in [0.05, 0.1) is 16.6 Å². The zero-order valence-electron chi connectivity index (χ0n) is 12.8. The SMILES string of the molecule is Cc1ccc(C(N)=O)cc1-c1cc2cnnc(C(C)C)c2s1. The summed E-state index contributed by atoms with van der Waals surface area (Å²) in [7, 11) is 0. The van der Waals surface area contributed by atoms with Crippen LogP contribution in [0.2, 0.25) is 0 Å². The summed E-state index contributed by atoms with van der Waals surface area (Å²) in [4.78, 5) is 12.5. The standard InChI is InChI=1S/C17H17N3OS/c1-9(2)15-16-12(8-19-20-15)7-14(22-16)13-6-11(17(18)21)5-4-10(13)3/h4-9H,1-3H3,(H2,18,21). The molecule has 0 fully saturated rings. The number of primary amides is 1. The number of rotatable bonds is 3. The summed E-state index contributed by atoms with van der Waals surface area (Å²) in [5, 5.41) is 9.45. The minimum atomic E-state index is -0.409. The third-order valence-electron chi connectivity index (χ3n) is 3.69. The van der Waals surface area contributed by atoms with E-state index in [9.17, 15) is 4.79 Å². The van der Waals surface area contributed by atoms with Crippen LogP contribution >= 0.6 is 11.3 Å². The number of amides is 1. The Morgan fingerprint density at radius 2 is 2.05 bits per heavy atom. The minimum absolute atomic E-state index is 0.320. The molecule has 3 rings (SSSR count). The number of hydrogen-bond acceptors (Lipinski definition) is 4. The monoisotopic (exact) mass is 311 g/mol. The van der Waals surface area contributed by atoms with Crippen LogP contribution < -0.4 is 5.73 Å². The second-order valence-electron chi connectivity index (χ2n) is 5.67. The first kappa shape index (κ1) is 14.7. The maximum atomic E-state index is 11.4. The quantitative estimate of drug-likeness (QED) is 0.798. The van der Waals surface area contributed by atoms with E-state index in [1.54, 1.807) is 23.6 Å². The first-order valence-electron chi connectivity index (χ1n) is 7.13. The van der Waals surface area contributed by atoms with Gasteiger partial charge in [-0.15, -0.1) is 11.3 Å². The molecule has 0 aliphatic rings. The number of benzene rings is 1. The van der Waals surface area contributed by atoms with E-state index in [2.05, 4.69) is 30.1 Å². The summed E-state index contributed by atoms with van der Waals surface area (Å²) in [6.07, 6.45) is 1.79. The Hall–Kier alpha value is -2.27. The molecule has 22 heavy (non-hydrogen) atoms. The lowest BCUT2D eigenvalue weighted by atomic mass is 10.0. The van der Waals surface area contributed by atoms with Crippen LogP contribution in [0.25, 0.3) is 20.5 Å². The normalized spacial score (nSPS) is 11.3. The van der Waals surface area contributed by atoms with Crippen LogP contribution in [0.1, 0.15) is 41.4 Å². The maximum absolute atomic E-state index is 11.4. The van der Waals surface area contributed by atoms with Gasteiger partial charge in [-0.1, -0.05) is 19.9 Å². The van der Waals surface area contributed by atoms with Crippen LogP contribution in [0, 0.1) is 6.92 Å². The average Bonchev–Trinajstić information content (AvgIpc) is 2.90. The van der Waals surface area contributed by atoms with Gasteiger partial charge in [0.2, 0.25) is 5.91 Å². The van der Waals surface area contributed by atoms with E-state index >= 15 is 0 Å². The summed E-state index contributed by atoms with van der Waals surface area (Å²) < 4.78 is 1.16. The highest BCUT2D eigenvalue weighted by atomic mass is 32.1. The van der Waals surface area contributed by atoms with Crippen LogP contribution in [0.15, 0.2) is 30.5 Å². The molecule has 1 aromatic carbocycles. The molecule has 0 aliphatic carbocycles. The van der Waals surface area contributed by atoms with Crippen LogP contribution in [0.4, 0.5) is 0 Å². The van der Waals surface area contributed by atoms with Crippen LogP contribution in [-0.2, 0) is 0 Å². The van der Waals surface area contributed by atoms with Gasteiger partial charge >= 0.3 is 0 Å². The number of nitrogens with two attached hydrogens (primary N) is 1. The minimum Gasteiger partial charge on any atom is -0.366 e. The van der Waals surface area contributed by atoms with Gasteiger partial charge in [0.1, 0.15) is 0 Å². The molecule has 2 aromatic heterocycles. The lowest BCUT2D eigenvalue weighted by molar-refractivity contribution is 0.100. The van der Waals surface area contributed by atoms with Crippen molar-refractivity contribution in [1.82, 2.24) is 10.2 Å². The molecule has 4 nitrogen and oxygen atoms in total. The lowest BCUT2D eigenvalue weighted by Crippen LogP contribution is -2.10. The number of thiophene rings is 1. The van der Waals surface area contributed by atoms with E-state index in [0.29, 0.717) is 11.5 Å². The van der Waals surface area contributed by atoms with Crippen LogP contribution in [0.3, 0.4) is 0 Å². The zero-order chi connectivity index (χ0) is 15.9. The highest BCUT2D eigenvalue weighted by Gasteiger charge is 2.14. The van der Waals surface area contributed by atoms with Crippen LogP contribution in [0.5, 0.6) is 0 Å². The molecular weight excluding hydrogens is 294 g/mol. The fourth-order valence-electron chi connectivity index (χ4n) is 2.45. The fraction of sp³-hybridized carbons (Fsp3) is 0.235. The van der Waals surface area contributed by atoms with Crippen molar-refractivity contribution in [2.45, 2.75) is 26.7 Å². The number of carbonyl (C=O) groups excluding carboxylic acids is 1. The molecule has 0 unspecified atom stereocenters. The first-order valence-corrected chi connectivity index (χ1v) is 7.95. The topological polar surface area (TPSA) is 68.9 Å². The summed E-state index contributed by atoms with van der Waals surface area (Å²) in [5.74, 6) is -0.0886.